The quantitative estimate of drug-likeness (QED) is 0.659. The Labute approximate surface area is 137 Å². The fourth-order valence-electron chi connectivity index (χ4n) is 2.24. The molecule has 1 aromatic carbocycles. The van der Waals surface area contributed by atoms with Gasteiger partial charge in [-0.25, -0.2) is 4.79 Å². The summed E-state index contributed by atoms with van der Waals surface area (Å²) < 4.78 is 10.4. The van der Waals surface area contributed by atoms with Gasteiger partial charge in [0, 0.05) is 18.7 Å². The summed E-state index contributed by atoms with van der Waals surface area (Å²) in [5.41, 5.74) is 1.25. The average Bonchev–Trinajstić information content (AvgIpc) is 3.24. The molecule has 2 aromatic heterocycles. The summed E-state index contributed by atoms with van der Waals surface area (Å²) >= 11 is 0. The minimum absolute atomic E-state index is 0.333. The van der Waals surface area contributed by atoms with E-state index in [0.29, 0.717) is 28.7 Å². The van der Waals surface area contributed by atoms with Crippen LogP contribution in [0, 0.1) is 6.92 Å². The molecule has 3 N–H and O–H groups in total. The second kappa shape index (κ2) is 6.82. The maximum absolute atomic E-state index is 12.3. The number of amides is 2. The predicted molar refractivity (Wildman–Crippen MR) is 84.6 cm³/mol. The van der Waals surface area contributed by atoms with E-state index in [4.69, 9.17) is 9.26 Å². The zero-order valence-corrected chi connectivity index (χ0v) is 13.1. The Morgan fingerprint density at radius 2 is 2.21 bits per heavy atom. The van der Waals surface area contributed by atoms with Gasteiger partial charge in [0.1, 0.15) is 11.8 Å². The molecule has 1 unspecified atom stereocenters. The van der Waals surface area contributed by atoms with Crippen molar-refractivity contribution < 1.29 is 14.1 Å². The van der Waals surface area contributed by atoms with E-state index in [1.807, 2.05) is 18.2 Å². The number of rotatable bonds is 5. The number of carbonyl (C=O) groups is 1. The van der Waals surface area contributed by atoms with Crippen LogP contribution in [0.1, 0.15) is 23.3 Å². The Morgan fingerprint density at radius 3 is 2.88 bits per heavy atom. The molecule has 2 heterocycles. The van der Waals surface area contributed by atoms with Crippen molar-refractivity contribution in [3.8, 4) is 5.75 Å². The van der Waals surface area contributed by atoms with Crippen LogP contribution in [-0.4, -0.2) is 33.5 Å². The highest BCUT2D eigenvalue weighted by Gasteiger charge is 2.25. The number of carbonyl (C=O) groups excluding carboxylic acids is 1. The van der Waals surface area contributed by atoms with Crippen LogP contribution >= 0.6 is 0 Å². The Kier molecular flexibility index (Phi) is 4.41. The summed E-state index contributed by atoms with van der Waals surface area (Å²) in [5.74, 6) is 1.34. The molecule has 124 valence electrons. The van der Waals surface area contributed by atoms with Gasteiger partial charge in [0.05, 0.1) is 19.0 Å². The van der Waals surface area contributed by atoms with Crippen molar-refractivity contribution in [1.82, 2.24) is 25.7 Å². The van der Waals surface area contributed by atoms with Gasteiger partial charge in [-0.05, 0) is 6.07 Å². The van der Waals surface area contributed by atoms with E-state index < -0.39 is 12.1 Å². The number of aromatic nitrogens is 4. The lowest BCUT2D eigenvalue weighted by atomic mass is 10.1. The summed E-state index contributed by atoms with van der Waals surface area (Å²) in [4.78, 5) is 16.5. The number of urea groups is 1. The van der Waals surface area contributed by atoms with Crippen LogP contribution in [-0.2, 0) is 0 Å². The molecular weight excluding hydrogens is 312 g/mol. The molecule has 3 aromatic rings. The number of benzene rings is 1. The fraction of sp³-hybridized carbons (Fsp3) is 0.200. The first-order valence-electron chi connectivity index (χ1n) is 7.17. The zero-order valence-electron chi connectivity index (χ0n) is 13.1. The Morgan fingerprint density at radius 1 is 1.38 bits per heavy atom. The van der Waals surface area contributed by atoms with Gasteiger partial charge < -0.3 is 19.9 Å². The molecule has 2 amide bonds. The zero-order chi connectivity index (χ0) is 16.9. The van der Waals surface area contributed by atoms with Crippen molar-refractivity contribution in [3.63, 3.8) is 0 Å². The number of hydrogen-bond donors (Lipinski definition) is 3. The molecule has 0 aliphatic carbocycles. The van der Waals surface area contributed by atoms with Gasteiger partial charge in [-0.2, -0.15) is 10.1 Å². The van der Waals surface area contributed by atoms with E-state index in [9.17, 15) is 4.79 Å². The van der Waals surface area contributed by atoms with E-state index in [2.05, 4.69) is 31.0 Å². The largest absolute Gasteiger partial charge is 0.496 e. The maximum Gasteiger partial charge on any atom is 0.320 e. The highest BCUT2D eigenvalue weighted by Crippen LogP contribution is 2.28. The minimum Gasteiger partial charge on any atom is -0.496 e. The van der Waals surface area contributed by atoms with Crippen LogP contribution in [0.2, 0.25) is 0 Å². The number of anilines is 1. The van der Waals surface area contributed by atoms with Crippen LogP contribution in [0.3, 0.4) is 0 Å². The lowest BCUT2D eigenvalue weighted by Crippen LogP contribution is -2.34. The molecule has 3 rings (SSSR count). The number of aryl methyl sites for hydroxylation is 1. The number of aromatic amines is 1. The minimum atomic E-state index is -0.634. The summed E-state index contributed by atoms with van der Waals surface area (Å²) in [6.07, 6.45) is 3.06. The normalized spacial score (nSPS) is 11.8. The smallest absolute Gasteiger partial charge is 0.320 e. The topological polar surface area (TPSA) is 118 Å². The first-order chi connectivity index (χ1) is 11.7. The number of hydrogen-bond acceptors (Lipinski definition) is 6. The van der Waals surface area contributed by atoms with Crippen LogP contribution < -0.4 is 15.4 Å². The van der Waals surface area contributed by atoms with E-state index in [0.717, 1.165) is 0 Å². The van der Waals surface area contributed by atoms with Crippen LogP contribution in [0.15, 0.2) is 41.2 Å². The molecule has 24 heavy (non-hydrogen) atoms. The van der Waals surface area contributed by atoms with E-state index >= 15 is 0 Å². The van der Waals surface area contributed by atoms with Crippen LogP contribution in [0.25, 0.3) is 0 Å². The second-order valence-corrected chi connectivity index (χ2v) is 4.93. The number of nitrogens with one attached hydrogen (secondary N) is 3. The Bertz CT molecular complexity index is 814. The van der Waals surface area contributed by atoms with Crippen molar-refractivity contribution in [2.24, 2.45) is 0 Å². The van der Waals surface area contributed by atoms with Gasteiger partial charge in [-0.1, -0.05) is 23.4 Å². The average molecular weight is 328 g/mol. The maximum atomic E-state index is 12.3. The molecule has 0 fully saturated rings. The summed E-state index contributed by atoms with van der Waals surface area (Å²) in [6, 6.07) is 6.23. The van der Waals surface area contributed by atoms with Crippen molar-refractivity contribution in [2.75, 3.05) is 12.4 Å². The molecule has 0 aliphatic rings. The monoisotopic (exact) mass is 328 g/mol. The summed E-state index contributed by atoms with van der Waals surface area (Å²) in [5, 5.41) is 15.8. The van der Waals surface area contributed by atoms with E-state index in [1.54, 1.807) is 26.3 Å². The van der Waals surface area contributed by atoms with Gasteiger partial charge in [-0.3, -0.25) is 5.10 Å². The molecule has 9 nitrogen and oxygen atoms in total. The molecule has 0 saturated heterocycles. The highest BCUT2D eigenvalue weighted by atomic mass is 16.5. The molecule has 1 atom stereocenters. The summed E-state index contributed by atoms with van der Waals surface area (Å²) in [6.45, 7) is 1.68. The second-order valence-electron chi connectivity index (χ2n) is 4.93. The van der Waals surface area contributed by atoms with E-state index in [-0.39, 0.29) is 0 Å². The van der Waals surface area contributed by atoms with Crippen molar-refractivity contribution >= 4 is 11.7 Å². The predicted octanol–water partition coefficient (Wildman–Crippen LogP) is 2.02. The van der Waals surface area contributed by atoms with Crippen LogP contribution in [0.4, 0.5) is 10.5 Å². The molecule has 0 radical (unpaired) electrons. The van der Waals surface area contributed by atoms with Gasteiger partial charge in [0.25, 0.3) is 0 Å². The van der Waals surface area contributed by atoms with Crippen molar-refractivity contribution in [3.05, 3.63) is 53.9 Å². The molecule has 0 aliphatic heterocycles. The SMILES string of the molecule is COc1ccccc1C(NC(=O)Nc1cn[nH]c1)c1noc(C)n1. The van der Waals surface area contributed by atoms with Crippen LogP contribution in [0.5, 0.6) is 5.75 Å². The summed E-state index contributed by atoms with van der Waals surface area (Å²) in [7, 11) is 1.56. The van der Waals surface area contributed by atoms with Crippen molar-refractivity contribution in [2.45, 2.75) is 13.0 Å². The Hall–Kier alpha value is -3.36. The third kappa shape index (κ3) is 3.35. The first-order valence-corrected chi connectivity index (χ1v) is 7.17. The number of para-hydroxylation sites is 1. The lowest BCUT2D eigenvalue weighted by molar-refractivity contribution is 0.249. The molecular formula is C15H16N6O3. The van der Waals surface area contributed by atoms with Gasteiger partial charge in [0.15, 0.2) is 5.82 Å². The van der Waals surface area contributed by atoms with E-state index in [1.165, 1.54) is 6.20 Å². The van der Waals surface area contributed by atoms with Gasteiger partial charge in [0.2, 0.25) is 5.89 Å². The number of ether oxygens (including phenoxy) is 1. The highest BCUT2D eigenvalue weighted by molar-refractivity contribution is 5.89. The van der Waals surface area contributed by atoms with Gasteiger partial charge >= 0.3 is 6.03 Å². The number of H-pyrrole nitrogens is 1. The molecule has 0 bridgehead atoms. The molecule has 0 saturated carbocycles. The molecule has 9 heteroatoms. The third-order valence-electron chi connectivity index (χ3n) is 3.28. The number of nitrogens with zero attached hydrogens (tertiary/aromatic N) is 3. The van der Waals surface area contributed by atoms with Gasteiger partial charge in [-0.15, -0.1) is 0 Å². The Balaban J connectivity index is 1.89. The number of methoxy groups -OCH3 is 1. The molecule has 0 spiro atoms. The van der Waals surface area contributed by atoms with Crippen molar-refractivity contribution in [1.29, 1.82) is 0 Å². The fourth-order valence-corrected chi connectivity index (χ4v) is 2.24. The third-order valence-corrected chi connectivity index (χ3v) is 3.28. The first kappa shape index (κ1) is 15.5. The standard InChI is InChI=1S/C15H16N6O3/c1-9-18-14(21-24-9)13(11-5-3-4-6-12(11)23-2)20-15(22)19-10-7-16-17-8-10/h3-8,13H,1-2H3,(H,16,17)(H2,19,20,22). The lowest BCUT2D eigenvalue weighted by Gasteiger charge is -2.18.